The van der Waals surface area contributed by atoms with Crippen LogP contribution in [0.25, 0.3) is 11.1 Å². The molecule has 0 saturated heterocycles. The Morgan fingerprint density at radius 2 is 1.50 bits per heavy atom. The van der Waals surface area contributed by atoms with Crippen LogP contribution in [0.15, 0.2) is 36.4 Å². The Morgan fingerprint density at radius 1 is 0.857 bits per heavy atom. The summed E-state index contributed by atoms with van der Waals surface area (Å²) in [6.07, 6.45) is 9.25. The summed E-state index contributed by atoms with van der Waals surface area (Å²) >= 11 is 0. The summed E-state index contributed by atoms with van der Waals surface area (Å²) in [5.74, 6) is 5.91. The molecule has 2 heteroatoms. The minimum absolute atomic E-state index is 0.317. The van der Waals surface area contributed by atoms with Gasteiger partial charge in [0.1, 0.15) is 0 Å². The molecule has 0 atom stereocenters. The molecule has 1 aliphatic carbocycles. The number of halogens is 2. The molecule has 1 saturated carbocycles. The first-order chi connectivity index (χ1) is 13.6. The third-order valence-corrected chi connectivity index (χ3v) is 6.11. The van der Waals surface area contributed by atoms with Crippen LogP contribution >= 0.6 is 0 Å². The smallest absolute Gasteiger partial charge is 0.166 e. The Hall–Kier alpha value is -2.14. The second-order valence-electron chi connectivity index (χ2n) is 8.07. The van der Waals surface area contributed by atoms with Gasteiger partial charge in [-0.1, -0.05) is 75.6 Å². The van der Waals surface area contributed by atoms with E-state index in [1.165, 1.54) is 38.5 Å². The Balaban J connectivity index is 1.64. The Bertz CT molecular complexity index is 831. The van der Waals surface area contributed by atoms with Gasteiger partial charge in [-0.05, 0) is 54.9 Å². The van der Waals surface area contributed by atoms with E-state index in [0.717, 1.165) is 17.9 Å². The lowest BCUT2D eigenvalue weighted by Gasteiger charge is -2.28. The van der Waals surface area contributed by atoms with Gasteiger partial charge in [-0.3, -0.25) is 0 Å². The maximum atomic E-state index is 14.7. The molecule has 1 aliphatic rings. The van der Waals surface area contributed by atoms with Crippen LogP contribution in [0.5, 0.6) is 0 Å². The number of hydrogen-bond donors (Lipinski definition) is 0. The Kier molecular flexibility index (Phi) is 7.26. The van der Waals surface area contributed by atoms with E-state index in [2.05, 4.69) is 18.8 Å². The van der Waals surface area contributed by atoms with Crippen LogP contribution in [0.4, 0.5) is 8.78 Å². The van der Waals surface area contributed by atoms with Gasteiger partial charge in [0.25, 0.3) is 0 Å². The van der Waals surface area contributed by atoms with Gasteiger partial charge in [0.2, 0.25) is 0 Å². The van der Waals surface area contributed by atoms with Gasteiger partial charge in [-0.2, -0.15) is 0 Å². The van der Waals surface area contributed by atoms with Crippen LogP contribution in [0.1, 0.15) is 69.9 Å². The van der Waals surface area contributed by atoms with Gasteiger partial charge in [-0.15, -0.1) is 5.92 Å². The number of rotatable bonds is 6. The molecule has 1 fully saturated rings. The fraction of sp³-hybridized carbons (Fsp3) is 0.462. The Labute approximate surface area is 168 Å². The zero-order valence-corrected chi connectivity index (χ0v) is 17.0. The maximum Gasteiger partial charge on any atom is 0.166 e. The van der Waals surface area contributed by atoms with Gasteiger partial charge in [-0.25, -0.2) is 8.78 Å². The highest BCUT2D eigenvalue weighted by Gasteiger charge is 2.21. The van der Waals surface area contributed by atoms with Gasteiger partial charge in [0.15, 0.2) is 11.6 Å². The van der Waals surface area contributed by atoms with E-state index in [0.29, 0.717) is 29.0 Å². The van der Waals surface area contributed by atoms with Crippen molar-refractivity contribution in [1.82, 2.24) is 0 Å². The number of aryl methyl sites for hydroxylation is 1. The van der Waals surface area contributed by atoms with Crippen LogP contribution in [-0.2, 0) is 6.42 Å². The lowest BCUT2D eigenvalue weighted by atomic mass is 9.78. The van der Waals surface area contributed by atoms with Crippen LogP contribution in [-0.4, -0.2) is 0 Å². The quantitative estimate of drug-likeness (QED) is 0.454. The van der Waals surface area contributed by atoms with Crippen molar-refractivity contribution in [2.24, 2.45) is 11.8 Å². The minimum atomic E-state index is -0.738. The summed E-state index contributed by atoms with van der Waals surface area (Å²) in [4.78, 5) is 0. The molecular formula is C26H30F2. The van der Waals surface area contributed by atoms with Crippen molar-refractivity contribution in [1.29, 1.82) is 0 Å². The first kappa shape index (κ1) is 20.6. The fourth-order valence-electron chi connectivity index (χ4n) is 4.46. The molecule has 0 heterocycles. The summed E-state index contributed by atoms with van der Waals surface area (Å²) in [6, 6.07) is 10.7. The topological polar surface area (TPSA) is 0 Å². The normalized spacial score (nSPS) is 19.1. The molecule has 0 unspecified atom stereocenters. The van der Waals surface area contributed by atoms with E-state index in [-0.39, 0.29) is 0 Å². The molecule has 28 heavy (non-hydrogen) atoms. The predicted octanol–water partition coefficient (Wildman–Crippen LogP) is 7.54. The molecule has 0 bridgehead atoms. The third kappa shape index (κ3) is 5.02. The SMILES string of the molecule is CC#Cc1ccc(-c2ccc(CCC3CCC(CCC)CC3)c(F)c2F)cc1. The van der Waals surface area contributed by atoms with Crippen molar-refractivity contribution < 1.29 is 8.78 Å². The van der Waals surface area contributed by atoms with Crippen LogP contribution in [0, 0.1) is 35.3 Å². The molecule has 0 aliphatic heterocycles. The molecule has 0 aromatic heterocycles. The third-order valence-electron chi connectivity index (χ3n) is 6.11. The van der Waals surface area contributed by atoms with E-state index in [9.17, 15) is 8.78 Å². The average molecular weight is 381 g/mol. The van der Waals surface area contributed by atoms with Crippen molar-refractivity contribution in [3.63, 3.8) is 0 Å². The lowest BCUT2D eigenvalue weighted by molar-refractivity contribution is 0.251. The number of hydrogen-bond acceptors (Lipinski definition) is 0. The van der Waals surface area contributed by atoms with Crippen molar-refractivity contribution in [3.05, 3.63) is 59.2 Å². The van der Waals surface area contributed by atoms with Crippen LogP contribution in [0.2, 0.25) is 0 Å². The van der Waals surface area contributed by atoms with Crippen molar-refractivity contribution in [2.45, 2.75) is 65.2 Å². The Morgan fingerprint density at radius 3 is 2.11 bits per heavy atom. The minimum Gasteiger partial charge on any atom is -0.203 e. The zero-order valence-electron chi connectivity index (χ0n) is 17.0. The molecule has 0 spiro atoms. The van der Waals surface area contributed by atoms with Gasteiger partial charge in [0.05, 0.1) is 0 Å². The highest BCUT2D eigenvalue weighted by Crippen LogP contribution is 2.34. The summed E-state index contributed by atoms with van der Waals surface area (Å²) in [5.41, 5.74) is 2.37. The van der Waals surface area contributed by atoms with E-state index < -0.39 is 11.6 Å². The van der Waals surface area contributed by atoms with Gasteiger partial charge in [0, 0.05) is 11.1 Å². The van der Waals surface area contributed by atoms with Gasteiger partial charge >= 0.3 is 0 Å². The van der Waals surface area contributed by atoms with E-state index in [1.54, 1.807) is 31.2 Å². The second kappa shape index (κ2) is 9.87. The van der Waals surface area contributed by atoms with E-state index in [4.69, 9.17) is 0 Å². The van der Waals surface area contributed by atoms with Crippen molar-refractivity contribution in [2.75, 3.05) is 0 Å². The largest absolute Gasteiger partial charge is 0.203 e. The molecule has 0 N–H and O–H groups in total. The van der Waals surface area contributed by atoms with E-state index >= 15 is 0 Å². The highest BCUT2D eigenvalue weighted by molar-refractivity contribution is 5.65. The van der Waals surface area contributed by atoms with E-state index in [1.807, 2.05) is 12.1 Å². The standard InChI is InChI=1S/C26H30F2/c1-3-5-19-7-9-21(10-8-19)13-16-23-17-18-24(26(28)25(23)27)22-14-11-20(6-4-2)12-15-22/h11-12,14-15,17-19,21H,3,5,7-10,13,16H2,1-2H3. The molecule has 148 valence electrons. The molecule has 3 rings (SSSR count). The highest BCUT2D eigenvalue weighted by atomic mass is 19.2. The lowest BCUT2D eigenvalue weighted by Crippen LogP contribution is -2.15. The summed E-state index contributed by atoms with van der Waals surface area (Å²) in [6.45, 7) is 4.03. The summed E-state index contributed by atoms with van der Waals surface area (Å²) < 4.78 is 29.4. The van der Waals surface area contributed by atoms with Crippen LogP contribution in [0.3, 0.4) is 0 Å². The molecule has 0 amide bonds. The maximum absolute atomic E-state index is 14.7. The van der Waals surface area contributed by atoms with Crippen LogP contribution < -0.4 is 0 Å². The van der Waals surface area contributed by atoms with Gasteiger partial charge < -0.3 is 0 Å². The molecule has 2 aromatic rings. The predicted molar refractivity (Wildman–Crippen MR) is 113 cm³/mol. The van der Waals surface area contributed by atoms with Crippen molar-refractivity contribution in [3.8, 4) is 23.0 Å². The number of benzene rings is 2. The molecule has 2 aromatic carbocycles. The molecular weight excluding hydrogens is 350 g/mol. The first-order valence-electron chi connectivity index (χ1n) is 10.6. The summed E-state index contributed by atoms with van der Waals surface area (Å²) in [7, 11) is 0. The van der Waals surface area contributed by atoms with Crippen molar-refractivity contribution >= 4 is 0 Å². The fourth-order valence-corrected chi connectivity index (χ4v) is 4.46. The first-order valence-corrected chi connectivity index (χ1v) is 10.6. The summed E-state index contributed by atoms with van der Waals surface area (Å²) in [5, 5.41) is 0. The zero-order chi connectivity index (χ0) is 19.9. The molecule has 0 nitrogen and oxygen atoms in total. The molecule has 0 radical (unpaired) electrons. The average Bonchev–Trinajstić information content (AvgIpc) is 2.71. The second-order valence-corrected chi connectivity index (χ2v) is 8.07. The monoisotopic (exact) mass is 380 g/mol.